The second-order valence-corrected chi connectivity index (χ2v) is 3.84. The van der Waals surface area contributed by atoms with Gasteiger partial charge in [0.15, 0.2) is 5.92 Å². The molecule has 0 bridgehead atoms. The van der Waals surface area contributed by atoms with Crippen LogP contribution < -0.4 is 5.32 Å². The van der Waals surface area contributed by atoms with E-state index in [0.717, 1.165) is 5.82 Å². The molecule has 0 aliphatic heterocycles. The molecule has 102 valence electrons. The van der Waals surface area contributed by atoms with Crippen LogP contribution in [0.25, 0.3) is 0 Å². The normalized spacial score (nSPS) is 13.6. The van der Waals surface area contributed by atoms with Crippen LogP contribution in [0.3, 0.4) is 0 Å². The molecule has 2 N–H and O–H groups in total. The van der Waals surface area contributed by atoms with Gasteiger partial charge >= 0.3 is 12.1 Å². The summed E-state index contributed by atoms with van der Waals surface area (Å²) in [5.41, 5.74) is 0. The van der Waals surface area contributed by atoms with E-state index in [2.05, 4.69) is 10.3 Å². The molecule has 0 saturated heterocycles. The molecular weight excluding hydrogens is 251 g/mol. The molecule has 18 heavy (non-hydrogen) atoms. The molecule has 0 radical (unpaired) electrons. The molecule has 0 fully saturated rings. The first-order valence-electron chi connectivity index (χ1n) is 5.29. The monoisotopic (exact) mass is 265 g/mol. The second kappa shape index (κ2) is 5.85. The number of aryl methyl sites for hydroxylation is 1. The fourth-order valence-electron chi connectivity index (χ4n) is 1.43. The van der Waals surface area contributed by atoms with Crippen molar-refractivity contribution >= 4 is 5.97 Å². The van der Waals surface area contributed by atoms with E-state index >= 15 is 0 Å². The van der Waals surface area contributed by atoms with Crippen molar-refractivity contribution in [3.63, 3.8) is 0 Å². The van der Waals surface area contributed by atoms with E-state index in [1.165, 1.54) is 0 Å². The van der Waals surface area contributed by atoms with Crippen LogP contribution in [0.1, 0.15) is 5.82 Å². The second-order valence-electron chi connectivity index (χ2n) is 3.84. The van der Waals surface area contributed by atoms with Gasteiger partial charge in [-0.3, -0.25) is 4.79 Å². The van der Waals surface area contributed by atoms with Crippen LogP contribution in [-0.4, -0.2) is 39.9 Å². The average Bonchev–Trinajstić information content (AvgIpc) is 2.61. The summed E-state index contributed by atoms with van der Waals surface area (Å²) in [4.78, 5) is 14.4. The SMILES string of the molecule is Cn1ccnc1CCNCC(C(=O)O)C(F)(F)F. The van der Waals surface area contributed by atoms with Crippen molar-refractivity contribution in [3.05, 3.63) is 18.2 Å². The maximum absolute atomic E-state index is 12.3. The zero-order valence-electron chi connectivity index (χ0n) is 9.74. The lowest BCUT2D eigenvalue weighted by Gasteiger charge is -2.16. The number of aromatic nitrogens is 2. The Bertz CT molecular complexity index is 403. The van der Waals surface area contributed by atoms with Gasteiger partial charge in [-0.05, 0) is 0 Å². The van der Waals surface area contributed by atoms with Crippen molar-refractivity contribution in [2.24, 2.45) is 13.0 Å². The van der Waals surface area contributed by atoms with Gasteiger partial charge in [-0.25, -0.2) is 4.98 Å². The summed E-state index contributed by atoms with van der Waals surface area (Å²) in [5, 5.41) is 10.9. The zero-order chi connectivity index (χ0) is 13.8. The van der Waals surface area contributed by atoms with Gasteiger partial charge in [-0.2, -0.15) is 13.2 Å². The highest BCUT2D eigenvalue weighted by atomic mass is 19.4. The number of carboxylic acid groups (broad SMARTS) is 1. The number of alkyl halides is 3. The number of aliphatic carboxylic acids is 1. The Morgan fingerprint density at radius 2 is 2.28 bits per heavy atom. The minimum Gasteiger partial charge on any atom is -0.481 e. The van der Waals surface area contributed by atoms with E-state index in [1.54, 1.807) is 24.0 Å². The predicted molar refractivity (Wildman–Crippen MR) is 57.0 cm³/mol. The number of nitrogens with one attached hydrogen (secondary N) is 1. The number of halogens is 3. The van der Waals surface area contributed by atoms with Crippen LogP contribution in [0, 0.1) is 5.92 Å². The summed E-state index contributed by atoms with van der Waals surface area (Å²) in [6, 6.07) is 0. The van der Waals surface area contributed by atoms with Crippen molar-refractivity contribution in [2.75, 3.05) is 13.1 Å². The highest BCUT2D eigenvalue weighted by molar-refractivity contribution is 5.71. The van der Waals surface area contributed by atoms with Gasteiger partial charge in [-0.15, -0.1) is 0 Å². The smallest absolute Gasteiger partial charge is 0.403 e. The Balaban J connectivity index is 2.36. The Hall–Kier alpha value is -1.57. The minimum absolute atomic E-state index is 0.241. The van der Waals surface area contributed by atoms with E-state index < -0.39 is 24.6 Å². The number of imidazole rings is 1. The maximum Gasteiger partial charge on any atom is 0.403 e. The topological polar surface area (TPSA) is 67.2 Å². The van der Waals surface area contributed by atoms with Crippen LogP contribution >= 0.6 is 0 Å². The molecule has 1 heterocycles. The number of hydrogen-bond donors (Lipinski definition) is 2. The van der Waals surface area contributed by atoms with Crippen LogP contribution in [0.15, 0.2) is 12.4 Å². The molecular formula is C10H14F3N3O2. The quantitative estimate of drug-likeness (QED) is 0.747. The highest BCUT2D eigenvalue weighted by Crippen LogP contribution is 2.25. The third kappa shape index (κ3) is 4.02. The average molecular weight is 265 g/mol. The standard InChI is InChI=1S/C10H14F3N3O2/c1-16-5-4-15-8(16)2-3-14-6-7(9(17)18)10(11,12)13/h4-5,7,14H,2-3,6H2,1H3,(H,17,18). The zero-order valence-corrected chi connectivity index (χ0v) is 9.74. The lowest BCUT2D eigenvalue weighted by atomic mass is 10.1. The number of rotatable bonds is 6. The highest BCUT2D eigenvalue weighted by Gasteiger charge is 2.44. The largest absolute Gasteiger partial charge is 0.481 e. The van der Waals surface area contributed by atoms with E-state index in [1.807, 2.05) is 0 Å². The lowest BCUT2D eigenvalue weighted by Crippen LogP contribution is -2.39. The Labute approximate surface area is 102 Å². The van der Waals surface area contributed by atoms with Crippen molar-refractivity contribution in [1.82, 2.24) is 14.9 Å². The molecule has 0 aliphatic carbocycles. The molecule has 0 spiro atoms. The molecule has 1 atom stereocenters. The molecule has 0 aliphatic rings. The molecule has 1 aromatic rings. The van der Waals surface area contributed by atoms with Gasteiger partial charge in [0, 0.05) is 39.0 Å². The summed E-state index contributed by atoms with van der Waals surface area (Å²) < 4.78 is 38.6. The van der Waals surface area contributed by atoms with E-state index in [0.29, 0.717) is 6.42 Å². The van der Waals surface area contributed by atoms with Crippen molar-refractivity contribution < 1.29 is 23.1 Å². The van der Waals surface area contributed by atoms with Gasteiger partial charge in [0.2, 0.25) is 0 Å². The summed E-state index contributed by atoms with van der Waals surface area (Å²) in [6.07, 6.45) is -0.980. The van der Waals surface area contributed by atoms with E-state index in [-0.39, 0.29) is 6.54 Å². The fraction of sp³-hybridized carbons (Fsp3) is 0.600. The number of carboxylic acids is 1. The van der Waals surface area contributed by atoms with Crippen LogP contribution in [0.2, 0.25) is 0 Å². The number of carbonyl (C=O) groups is 1. The third-order valence-corrected chi connectivity index (χ3v) is 2.49. The molecule has 1 aromatic heterocycles. The summed E-state index contributed by atoms with van der Waals surface area (Å²) in [7, 11) is 1.78. The predicted octanol–water partition coefficient (Wildman–Crippen LogP) is 0.815. The van der Waals surface area contributed by atoms with E-state index in [4.69, 9.17) is 5.11 Å². The summed E-state index contributed by atoms with van der Waals surface area (Å²) >= 11 is 0. The Morgan fingerprint density at radius 3 is 2.72 bits per heavy atom. The lowest BCUT2D eigenvalue weighted by molar-refractivity contribution is -0.192. The van der Waals surface area contributed by atoms with Gasteiger partial charge < -0.3 is 15.0 Å². The van der Waals surface area contributed by atoms with Crippen molar-refractivity contribution in [1.29, 1.82) is 0 Å². The number of nitrogens with zero attached hydrogens (tertiary/aromatic N) is 2. The molecule has 0 aromatic carbocycles. The first-order valence-corrected chi connectivity index (χ1v) is 5.29. The first-order chi connectivity index (χ1) is 8.32. The van der Waals surface area contributed by atoms with Crippen LogP contribution in [-0.2, 0) is 18.3 Å². The fourth-order valence-corrected chi connectivity index (χ4v) is 1.43. The van der Waals surface area contributed by atoms with Gasteiger partial charge in [0.05, 0.1) is 0 Å². The van der Waals surface area contributed by atoms with Crippen molar-refractivity contribution in [3.8, 4) is 0 Å². The van der Waals surface area contributed by atoms with Gasteiger partial charge in [0.1, 0.15) is 5.82 Å². The van der Waals surface area contributed by atoms with Crippen molar-refractivity contribution in [2.45, 2.75) is 12.6 Å². The summed E-state index contributed by atoms with van der Waals surface area (Å²) in [5.74, 6) is -3.52. The molecule has 1 unspecified atom stereocenters. The third-order valence-electron chi connectivity index (χ3n) is 2.49. The summed E-state index contributed by atoms with van der Waals surface area (Å²) in [6.45, 7) is -0.395. The Kier molecular flexibility index (Phi) is 4.71. The van der Waals surface area contributed by atoms with Gasteiger partial charge in [-0.1, -0.05) is 0 Å². The Morgan fingerprint density at radius 1 is 1.61 bits per heavy atom. The number of hydrogen-bond acceptors (Lipinski definition) is 3. The van der Waals surface area contributed by atoms with E-state index in [9.17, 15) is 18.0 Å². The minimum atomic E-state index is -4.73. The molecule has 8 heteroatoms. The van der Waals surface area contributed by atoms with Gasteiger partial charge in [0.25, 0.3) is 0 Å². The maximum atomic E-state index is 12.3. The molecule has 0 saturated carbocycles. The van der Waals surface area contributed by atoms with Crippen LogP contribution in [0.5, 0.6) is 0 Å². The first kappa shape index (κ1) is 14.5. The molecule has 0 amide bonds. The molecule has 1 rings (SSSR count). The van der Waals surface area contributed by atoms with Crippen LogP contribution in [0.4, 0.5) is 13.2 Å². The molecule has 5 nitrogen and oxygen atoms in total.